The molecule has 2 saturated heterocycles. The Morgan fingerprint density at radius 1 is 1.09 bits per heavy atom. The quantitative estimate of drug-likeness (QED) is 0.563. The second kappa shape index (κ2) is 9.70. The highest BCUT2D eigenvalue weighted by Gasteiger charge is 2.50. The zero-order valence-corrected chi connectivity index (χ0v) is 20.8. The maximum absolute atomic E-state index is 13.9. The number of likely N-dealkylation sites (N-methyl/N-ethyl adjacent to an activating group) is 2. The average molecular weight is 460 g/mol. The van der Waals surface area contributed by atoms with E-state index in [0.29, 0.717) is 31.0 Å². The largest absolute Gasteiger partial charge is 0.497 e. The van der Waals surface area contributed by atoms with E-state index < -0.39 is 7.44 Å². The minimum absolute atomic E-state index is 0.213. The van der Waals surface area contributed by atoms with Gasteiger partial charge in [-0.2, -0.15) is 0 Å². The molecule has 1 amide bonds. The number of hydrogen-bond donors (Lipinski definition) is 0. The number of allylic oxidation sites excluding steroid dienone is 1. The van der Waals surface area contributed by atoms with Gasteiger partial charge in [-0.15, -0.1) is 0 Å². The van der Waals surface area contributed by atoms with Crippen LogP contribution in [-0.4, -0.2) is 60.0 Å². The smallest absolute Gasteiger partial charge is 0.238 e. The van der Waals surface area contributed by atoms with E-state index in [1.54, 1.807) is 7.11 Å². The van der Waals surface area contributed by atoms with Gasteiger partial charge >= 0.3 is 0 Å². The van der Waals surface area contributed by atoms with E-state index >= 15 is 0 Å². The van der Waals surface area contributed by atoms with Crippen LogP contribution in [0.4, 0.5) is 0 Å². The van der Waals surface area contributed by atoms with Crippen LogP contribution in [0.25, 0.3) is 0 Å². The van der Waals surface area contributed by atoms with E-state index in [1.807, 2.05) is 49.1 Å². The van der Waals surface area contributed by atoms with Crippen molar-refractivity contribution in [1.82, 2.24) is 14.2 Å². The second-order valence-electron chi connectivity index (χ2n) is 9.77. The number of ether oxygens (including phenoxy) is 1. The van der Waals surface area contributed by atoms with E-state index in [4.69, 9.17) is 4.74 Å². The number of nitrogens with zero attached hydrogens (tertiary/aromatic N) is 3. The number of benzene rings is 1. The number of piperidine rings is 1. The van der Waals surface area contributed by atoms with Gasteiger partial charge in [-0.25, -0.2) is 9.34 Å². The van der Waals surface area contributed by atoms with Crippen molar-refractivity contribution in [2.75, 3.05) is 27.7 Å². The summed E-state index contributed by atoms with van der Waals surface area (Å²) < 4.78 is 23.4. The van der Waals surface area contributed by atoms with Crippen LogP contribution in [0.1, 0.15) is 51.0 Å². The Labute approximate surface area is 193 Å². The van der Waals surface area contributed by atoms with E-state index in [0.717, 1.165) is 37.1 Å². The standard InChI is InChI=1S/C25H38N3O3P/c1-19(14-16-32(30)26(2)23-7-5-6-8-24(23)27(32)3)21-13-15-28(25(29)17-21)18-20-9-11-22(31-4)12-10-20/h9-12,14,16,19,21,23-24H,5-8,13,15,17-18H2,1-4H3/b16-14+/t19-,21?,23+,24+/m0/s1. The Morgan fingerprint density at radius 2 is 1.72 bits per heavy atom. The highest BCUT2D eigenvalue weighted by atomic mass is 31.2. The van der Waals surface area contributed by atoms with Gasteiger partial charge in [0.25, 0.3) is 0 Å². The Kier molecular flexibility index (Phi) is 7.14. The van der Waals surface area contributed by atoms with Crippen molar-refractivity contribution in [2.24, 2.45) is 11.8 Å². The molecule has 0 spiro atoms. The van der Waals surface area contributed by atoms with Gasteiger partial charge in [0.1, 0.15) is 5.75 Å². The van der Waals surface area contributed by atoms with Crippen LogP contribution in [0.2, 0.25) is 0 Å². The van der Waals surface area contributed by atoms with Crippen molar-refractivity contribution in [1.29, 1.82) is 0 Å². The third-order valence-electron chi connectivity index (χ3n) is 7.98. The van der Waals surface area contributed by atoms with Crippen molar-refractivity contribution in [3.63, 3.8) is 0 Å². The SMILES string of the molecule is COc1ccc(CN2CCC([C@@H](C)/C=C/P3(=O)N(C)[C@@H]4CCCC[C@H]4N3C)CC2=O)cc1. The fourth-order valence-electron chi connectivity index (χ4n) is 5.70. The fraction of sp³-hybridized carbons (Fsp3) is 0.640. The minimum atomic E-state index is -2.66. The van der Waals surface area contributed by atoms with Gasteiger partial charge in [0.05, 0.1) is 7.11 Å². The summed E-state index contributed by atoms with van der Waals surface area (Å²) in [7, 11) is 3.06. The Bertz CT molecular complexity index is 865. The third-order valence-corrected chi connectivity index (χ3v) is 10.9. The van der Waals surface area contributed by atoms with Crippen molar-refractivity contribution in [3.8, 4) is 5.75 Å². The number of hydrogen-bond acceptors (Lipinski definition) is 3. The first-order chi connectivity index (χ1) is 15.3. The van der Waals surface area contributed by atoms with E-state index in [-0.39, 0.29) is 11.8 Å². The molecule has 176 valence electrons. The summed E-state index contributed by atoms with van der Waals surface area (Å²) in [5, 5.41) is 0. The van der Waals surface area contributed by atoms with Gasteiger partial charge in [-0.05, 0) is 62.9 Å². The number of methoxy groups -OCH3 is 1. The summed E-state index contributed by atoms with van der Waals surface area (Å²) in [5.74, 6) is 3.56. The summed E-state index contributed by atoms with van der Waals surface area (Å²) in [6.07, 6.45) is 8.41. The van der Waals surface area contributed by atoms with Gasteiger partial charge in [0.15, 0.2) is 0 Å². The van der Waals surface area contributed by atoms with Gasteiger partial charge in [0, 0.05) is 37.4 Å². The van der Waals surface area contributed by atoms with Crippen molar-refractivity contribution < 1.29 is 14.1 Å². The summed E-state index contributed by atoms with van der Waals surface area (Å²) in [5.41, 5.74) is 1.12. The lowest BCUT2D eigenvalue weighted by molar-refractivity contribution is -0.136. The number of likely N-dealkylation sites (tertiary alicyclic amines) is 1. The lowest BCUT2D eigenvalue weighted by atomic mass is 9.85. The summed E-state index contributed by atoms with van der Waals surface area (Å²) in [6, 6.07) is 8.73. The van der Waals surface area contributed by atoms with Crippen molar-refractivity contribution in [2.45, 2.75) is 64.1 Å². The molecule has 0 bridgehead atoms. The molecule has 3 fully saturated rings. The molecule has 6 nitrogen and oxygen atoms in total. The molecule has 0 N–H and O–H groups in total. The maximum atomic E-state index is 13.9. The van der Waals surface area contributed by atoms with Crippen LogP contribution in [-0.2, 0) is 15.9 Å². The molecule has 1 aliphatic carbocycles. The van der Waals surface area contributed by atoms with Crippen LogP contribution in [0.3, 0.4) is 0 Å². The number of carbonyl (C=O) groups is 1. The zero-order chi connectivity index (χ0) is 22.9. The molecule has 3 aliphatic rings. The number of carbonyl (C=O) groups excluding carboxylic acids is 1. The van der Waals surface area contributed by atoms with Crippen molar-refractivity contribution in [3.05, 3.63) is 41.7 Å². The van der Waals surface area contributed by atoms with E-state index in [2.05, 4.69) is 22.3 Å². The lowest BCUT2D eigenvalue weighted by Crippen LogP contribution is -2.39. The third kappa shape index (κ3) is 4.55. The minimum Gasteiger partial charge on any atom is -0.497 e. The van der Waals surface area contributed by atoms with Crippen LogP contribution < -0.4 is 4.74 Å². The molecular weight excluding hydrogens is 421 g/mol. The zero-order valence-electron chi connectivity index (χ0n) is 19.9. The summed E-state index contributed by atoms with van der Waals surface area (Å²) in [4.78, 5) is 14.8. The molecule has 1 aromatic carbocycles. The van der Waals surface area contributed by atoms with Crippen molar-refractivity contribution >= 4 is 13.4 Å². The van der Waals surface area contributed by atoms with Crippen LogP contribution in [0.15, 0.2) is 36.2 Å². The van der Waals surface area contributed by atoms with Gasteiger partial charge < -0.3 is 9.64 Å². The average Bonchev–Trinajstić information content (AvgIpc) is 3.01. The first kappa shape index (κ1) is 23.5. The predicted octanol–water partition coefficient (Wildman–Crippen LogP) is 4.97. The molecule has 32 heavy (non-hydrogen) atoms. The highest BCUT2D eigenvalue weighted by Crippen LogP contribution is 2.63. The topological polar surface area (TPSA) is 53.1 Å². The number of amides is 1. The normalized spacial score (nSPS) is 29.9. The van der Waals surface area contributed by atoms with Gasteiger partial charge in [0.2, 0.25) is 13.4 Å². The van der Waals surface area contributed by atoms with Crippen LogP contribution in [0.5, 0.6) is 5.75 Å². The molecule has 2 heterocycles. The monoisotopic (exact) mass is 459 g/mol. The fourth-order valence-corrected chi connectivity index (χ4v) is 8.45. The molecule has 1 saturated carbocycles. The first-order valence-corrected chi connectivity index (χ1v) is 13.7. The van der Waals surface area contributed by atoms with E-state index in [9.17, 15) is 9.36 Å². The molecule has 0 aromatic heterocycles. The summed E-state index contributed by atoms with van der Waals surface area (Å²) >= 11 is 0. The Hall–Kier alpha value is -1.62. The predicted molar refractivity (Wildman–Crippen MR) is 129 cm³/mol. The Balaban J connectivity index is 1.35. The molecule has 7 heteroatoms. The van der Waals surface area contributed by atoms with Crippen LogP contribution >= 0.6 is 7.44 Å². The molecular formula is C25H38N3O3P. The molecule has 0 radical (unpaired) electrons. The molecule has 1 aromatic rings. The van der Waals surface area contributed by atoms with Gasteiger partial charge in [-0.1, -0.05) is 38.0 Å². The van der Waals surface area contributed by atoms with Crippen LogP contribution in [0, 0.1) is 11.8 Å². The highest BCUT2D eigenvalue weighted by molar-refractivity contribution is 7.62. The molecule has 4 rings (SSSR count). The number of fused-ring (bicyclic) bond motifs is 1. The molecule has 2 aliphatic heterocycles. The second-order valence-corrected chi connectivity index (χ2v) is 12.5. The van der Waals surface area contributed by atoms with E-state index in [1.165, 1.54) is 12.8 Å². The lowest BCUT2D eigenvalue weighted by Gasteiger charge is -2.34. The summed E-state index contributed by atoms with van der Waals surface area (Å²) in [6.45, 7) is 3.59. The van der Waals surface area contributed by atoms with Gasteiger partial charge in [-0.3, -0.25) is 9.36 Å². The molecule has 4 atom stereocenters. The molecule has 1 unspecified atom stereocenters. The first-order valence-electron chi connectivity index (χ1n) is 12.0. The number of rotatable bonds is 6. The Morgan fingerprint density at radius 3 is 2.28 bits per heavy atom. The maximum Gasteiger partial charge on any atom is 0.238 e.